The summed E-state index contributed by atoms with van der Waals surface area (Å²) in [5, 5.41) is 3.28. The van der Waals surface area contributed by atoms with Crippen molar-refractivity contribution in [2.75, 3.05) is 6.54 Å². The second-order valence-electron chi connectivity index (χ2n) is 4.80. The van der Waals surface area contributed by atoms with Crippen LogP contribution in [-0.2, 0) is 13.2 Å². The lowest BCUT2D eigenvalue weighted by atomic mass is 10.1. The first-order valence-electron chi connectivity index (χ1n) is 6.86. The standard InChI is InChI=1S/C17H20FNO/c1-3-19-11-14-5-7-15(8-6-14)12-20-16-9-4-13(2)17(18)10-16/h4-10,19H,3,11-12H2,1-2H3. The van der Waals surface area contributed by atoms with Crippen LogP contribution in [0, 0.1) is 12.7 Å². The van der Waals surface area contributed by atoms with E-state index < -0.39 is 0 Å². The van der Waals surface area contributed by atoms with Crippen molar-refractivity contribution in [1.82, 2.24) is 5.32 Å². The highest BCUT2D eigenvalue weighted by Crippen LogP contribution is 2.17. The van der Waals surface area contributed by atoms with Crippen molar-refractivity contribution in [3.63, 3.8) is 0 Å². The van der Waals surface area contributed by atoms with Crippen LogP contribution in [0.3, 0.4) is 0 Å². The predicted octanol–water partition coefficient (Wildman–Crippen LogP) is 3.82. The van der Waals surface area contributed by atoms with Gasteiger partial charge in [0.05, 0.1) is 0 Å². The highest BCUT2D eigenvalue weighted by molar-refractivity contribution is 5.29. The summed E-state index contributed by atoms with van der Waals surface area (Å²) in [4.78, 5) is 0. The second kappa shape index (κ2) is 7.06. The maximum atomic E-state index is 13.4. The van der Waals surface area contributed by atoms with Gasteiger partial charge in [0.1, 0.15) is 18.2 Å². The predicted molar refractivity (Wildman–Crippen MR) is 79.3 cm³/mol. The fourth-order valence-electron chi connectivity index (χ4n) is 1.85. The van der Waals surface area contributed by atoms with E-state index in [1.54, 1.807) is 19.1 Å². The first kappa shape index (κ1) is 14.5. The van der Waals surface area contributed by atoms with Crippen molar-refractivity contribution in [2.45, 2.75) is 27.0 Å². The average molecular weight is 273 g/mol. The molecule has 2 aromatic carbocycles. The lowest BCUT2D eigenvalue weighted by Gasteiger charge is -2.08. The van der Waals surface area contributed by atoms with E-state index in [1.165, 1.54) is 11.6 Å². The van der Waals surface area contributed by atoms with Crippen LogP contribution in [0.15, 0.2) is 42.5 Å². The Balaban J connectivity index is 1.91. The first-order chi connectivity index (χ1) is 9.69. The summed E-state index contributed by atoms with van der Waals surface area (Å²) in [6.45, 7) is 6.11. The third kappa shape index (κ3) is 4.07. The van der Waals surface area contributed by atoms with Gasteiger partial charge in [0.15, 0.2) is 0 Å². The average Bonchev–Trinajstić information content (AvgIpc) is 2.47. The van der Waals surface area contributed by atoms with Crippen LogP contribution >= 0.6 is 0 Å². The Morgan fingerprint density at radius 1 is 1.05 bits per heavy atom. The largest absolute Gasteiger partial charge is 0.489 e. The number of aryl methyl sites for hydroxylation is 1. The topological polar surface area (TPSA) is 21.3 Å². The molecule has 106 valence electrons. The Morgan fingerprint density at radius 2 is 1.75 bits per heavy atom. The number of halogens is 1. The summed E-state index contributed by atoms with van der Waals surface area (Å²) in [5.41, 5.74) is 2.95. The van der Waals surface area contributed by atoms with E-state index in [-0.39, 0.29) is 5.82 Å². The van der Waals surface area contributed by atoms with Gasteiger partial charge in [-0.2, -0.15) is 0 Å². The zero-order chi connectivity index (χ0) is 14.4. The highest BCUT2D eigenvalue weighted by Gasteiger charge is 2.01. The summed E-state index contributed by atoms with van der Waals surface area (Å²) < 4.78 is 19.0. The molecule has 2 nitrogen and oxygen atoms in total. The number of ether oxygens (including phenoxy) is 1. The Labute approximate surface area is 119 Å². The van der Waals surface area contributed by atoms with E-state index in [9.17, 15) is 4.39 Å². The molecule has 0 heterocycles. The fourth-order valence-corrected chi connectivity index (χ4v) is 1.85. The minimum atomic E-state index is -0.233. The number of hydrogen-bond acceptors (Lipinski definition) is 2. The number of benzene rings is 2. The lowest BCUT2D eigenvalue weighted by molar-refractivity contribution is 0.304. The SMILES string of the molecule is CCNCc1ccc(COc2ccc(C)c(F)c2)cc1. The summed E-state index contributed by atoms with van der Waals surface area (Å²) in [6, 6.07) is 13.2. The van der Waals surface area contributed by atoms with Gasteiger partial charge in [0.2, 0.25) is 0 Å². The second-order valence-corrected chi connectivity index (χ2v) is 4.80. The van der Waals surface area contributed by atoms with Crippen molar-refractivity contribution in [2.24, 2.45) is 0 Å². The molecule has 2 aromatic rings. The molecule has 3 heteroatoms. The monoisotopic (exact) mass is 273 g/mol. The molecule has 0 bridgehead atoms. The van der Waals surface area contributed by atoms with Crippen LogP contribution in [0.4, 0.5) is 4.39 Å². The number of rotatable bonds is 6. The highest BCUT2D eigenvalue weighted by atomic mass is 19.1. The molecule has 1 N–H and O–H groups in total. The van der Waals surface area contributed by atoms with Crippen molar-refractivity contribution in [1.29, 1.82) is 0 Å². The van der Waals surface area contributed by atoms with E-state index in [0.29, 0.717) is 17.9 Å². The summed E-state index contributed by atoms with van der Waals surface area (Å²) in [5.74, 6) is 0.327. The van der Waals surface area contributed by atoms with Crippen LogP contribution in [0.2, 0.25) is 0 Å². The van der Waals surface area contributed by atoms with E-state index in [1.807, 2.05) is 12.1 Å². The third-order valence-electron chi connectivity index (χ3n) is 3.15. The van der Waals surface area contributed by atoms with Crippen LogP contribution in [0.5, 0.6) is 5.75 Å². The molecule has 0 amide bonds. The van der Waals surface area contributed by atoms with E-state index in [2.05, 4.69) is 24.4 Å². The molecule has 0 radical (unpaired) electrons. The summed E-state index contributed by atoms with van der Waals surface area (Å²) >= 11 is 0. The van der Waals surface area contributed by atoms with Crippen molar-refractivity contribution in [3.05, 3.63) is 65.0 Å². The van der Waals surface area contributed by atoms with Gasteiger partial charge in [-0.05, 0) is 36.2 Å². The van der Waals surface area contributed by atoms with E-state index in [4.69, 9.17) is 4.74 Å². The van der Waals surface area contributed by atoms with Gasteiger partial charge in [-0.15, -0.1) is 0 Å². The lowest BCUT2D eigenvalue weighted by Crippen LogP contribution is -2.11. The maximum Gasteiger partial charge on any atom is 0.129 e. The van der Waals surface area contributed by atoms with Crippen molar-refractivity contribution >= 4 is 0 Å². The summed E-state index contributed by atoms with van der Waals surface area (Å²) in [6.07, 6.45) is 0. The molecule has 2 rings (SSSR count). The number of nitrogens with one attached hydrogen (secondary N) is 1. The van der Waals surface area contributed by atoms with E-state index in [0.717, 1.165) is 18.7 Å². The number of hydrogen-bond donors (Lipinski definition) is 1. The van der Waals surface area contributed by atoms with E-state index >= 15 is 0 Å². The van der Waals surface area contributed by atoms with Gasteiger partial charge >= 0.3 is 0 Å². The normalized spacial score (nSPS) is 10.6. The smallest absolute Gasteiger partial charge is 0.129 e. The van der Waals surface area contributed by atoms with Gasteiger partial charge in [0, 0.05) is 12.6 Å². The minimum absolute atomic E-state index is 0.233. The van der Waals surface area contributed by atoms with Gasteiger partial charge in [-0.25, -0.2) is 4.39 Å². The quantitative estimate of drug-likeness (QED) is 0.864. The molecule has 0 atom stereocenters. The fraction of sp³-hybridized carbons (Fsp3) is 0.294. The molecule has 0 saturated carbocycles. The van der Waals surface area contributed by atoms with Crippen LogP contribution < -0.4 is 10.1 Å². The molecule has 0 aliphatic carbocycles. The molecule has 0 aliphatic rings. The maximum absolute atomic E-state index is 13.4. The van der Waals surface area contributed by atoms with Gasteiger partial charge in [0.25, 0.3) is 0 Å². The van der Waals surface area contributed by atoms with Gasteiger partial charge in [-0.1, -0.05) is 37.3 Å². The van der Waals surface area contributed by atoms with Crippen molar-refractivity contribution < 1.29 is 9.13 Å². The Kier molecular flexibility index (Phi) is 5.13. The molecule has 0 unspecified atom stereocenters. The molecular formula is C17H20FNO. The molecule has 0 saturated heterocycles. The van der Waals surface area contributed by atoms with Crippen LogP contribution in [-0.4, -0.2) is 6.54 Å². The van der Waals surface area contributed by atoms with Crippen molar-refractivity contribution in [3.8, 4) is 5.75 Å². The Hall–Kier alpha value is -1.87. The Morgan fingerprint density at radius 3 is 2.40 bits per heavy atom. The zero-order valence-electron chi connectivity index (χ0n) is 11.9. The molecular weight excluding hydrogens is 253 g/mol. The Bertz CT molecular complexity index is 551. The molecule has 20 heavy (non-hydrogen) atoms. The molecule has 0 fully saturated rings. The molecule has 0 aliphatic heterocycles. The third-order valence-corrected chi connectivity index (χ3v) is 3.15. The molecule has 0 aromatic heterocycles. The summed E-state index contributed by atoms with van der Waals surface area (Å²) in [7, 11) is 0. The van der Waals surface area contributed by atoms with Gasteiger partial charge in [-0.3, -0.25) is 0 Å². The minimum Gasteiger partial charge on any atom is -0.489 e. The van der Waals surface area contributed by atoms with Crippen LogP contribution in [0.1, 0.15) is 23.6 Å². The molecule has 0 spiro atoms. The van der Waals surface area contributed by atoms with Crippen LogP contribution in [0.25, 0.3) is 0 Å². The van der Waals surface area contributed by atoms with Gasteiger partial charge < -0.3 is 10.1 Å². The first-order valence-corrected chi connectivity index (χ1v) is 6.86. The zero-order valence-corrected chi connectivity index (χ0v) is 11.9.